The number of imide groups is 1. The number of hydrogen-bond acceptors (Lipinski definition) is 5. The molecule has 2 atom stereocenters. The summed E-state index contributed by atoms with van der Waals surface area (Å²) in [7, 11) is -4.20. The van der Waals surface area contributed by atoms with Crippen LogP contribution in [-0.2, 0) is 13.9 Å². The van der Waals surface area contributed by atoms with Crippen molar-refractivity contribution in [3.63, 3.8) is 0 Å². The van der Waals surface area contributed by atoms with Crippen LogP contribution in [0.1, 0.15) is 6.92 Å². The molecule has 0 radical (unpaired) electrons. The van der Waals surface area contributed by atoms with Crippen LogP contribution >= 0.6 is 19.5 Å². The maximum absolute atomic E-state index is 11.5. The second-order valence-corrected chi connectivity index (χ2v) is 5.30. The van der Waals surface area contributed by atoms with Crippen LogP contribution in [0.25, 0.3) is 0 Å². The third-order valence-electron chi connectivity index (χ3n) is 1.68. The van der Waals surface area contributed by atoms with Gasteiger partial charge in [0.15, 0.2) is 0 Å². The largest absolute Gasteiger partial charge is 0.401 e. The Labute approximate surface area is 90.5 Å². The summed E-state index contributed by atoms with van der Waals surface area (Å²) < 4.78 is 15.1. The van der Waals surface area contributed by atoms with E-state index in [1.165, 1.54) is 6.92 Å². The quantitative estimate of drug-likeness (QED) is 0.689. The summed E-state index contributed by atoms with van der Waals surface area (Å²) >= 11 is 1.02. The predicted molar refractivity (Wildman–Crippen MR) is 54.1 cm³/mol. The number of thioether (sulfide) groups is 1. The Hall–Kier alpha value is -0.400. The summed E-state index contributed by atoms with van der Waals surface area (Å²) in [6.45, 7) is 1.56. The first-order valence-corrected chi connectivity index (χ1v) is 6.72. The van der Waals surface area contributed by atoms with E-state index in [1.54, 1.807) is 0 Å². The Morgan fingerprint density at radius 1 is 1.80 bits per heavy atom. The molecule has 1 heterocycles. The molecule has 2 amide bonds. The van der Waals surface area contributed by atoms with Gasteiger partial charge in [0.25, 0.3) is 11.1 Å². The lowest BCUT2D eigenvalue weighted by Crippen LogP contribution is -2.39. The van der Waals surface area contributed by atoms with Crippen LogP contribution in [0.3, 0.4) is 0 Å². The molecular formula is C6H11N2O5PS. The van der Waals surface area contributed by atoms with Crippen LogP contribution in [0.4, 0.5) is 4.79 Å². The molecule has 1 fully saturated rings. The van der Waals surface area contributed by atoms with E-state index in [9.17, 15) is 14.2 Å². The lowest BCUT2D eigenvalue weighted by molar-refractivity contribution is -0.134. The van der Waals surface area contributed by atoms with Gasteiger partial charge in [0.2, 0.25) is 0 Å². The molecule has 0 bridgehead atoms. The average Bonchev–Trinajstić information content (AvgIpc) is 2.47. The third-order valence-corrected chi connectivity index (χ3v) is 3.16. The molecule has 9 heteroatoms. The standard InChI is InChI=1S/C6H11N2O5PS/c1-4(13-14(7,11)12)5(9)8-2-3-15-6(8)10/h4H,2-3H2,1H3,(H3,7,11,12). The number of amides is 2. The fraction of sp³-hybridized carbons (Fsp3) is 0.667. The van der Waals surface area contributed by atoms with Gasteiger partial charge in [-0.1, -0.05) is 11.8 Å². The molecule has 15 heavy (non-hydrogen) atoms. The minimum absolute atomic E-state index is 0.288. The van der Waals surface area contributed by atoms with Gasteiger partial charge >= 0.3 is 7.75 Å². The number of carbonyl (C=O) groups is 2. The van der Waals surface area contributed by atoms with Crippen LogP contribution in [0.15, 0.2) is 0 Å². The van der Waals surface area contributed by atoms with Crippen molar-refractivity contribution in [2.75, 3.05) is 12.3 Å². The van der Waals surface area contributed by atoms with Gasteiger partial charge in [-0.3, -0.25) is 19.0 Å². The first-order chi connectivity index (χ1) is 6.81. The smallest absolute Gasteiger partial charge is 0.313 e. The van der Waals surface area contributed by atoms with E-state index in [1.807, 2.05) is 0 Å². The zero-order valence-electron chi connectivity index (χ0n) is 7.95. The number of nitrogens with two attached hydrogens (primary N) is 1. The first-order valence-electron chi connectivity index (χ1n) is 4.09. The highest BCUT2D eigenvalue weighted by Crippen LogP contribution is 2.34. The Kier molecular flexibility index (Phi) is 3.91. The Morgan fingerprint density at radius 3 is 2.80 bits per heavy atom. The number of rotatable bonds is 3. The molecule has 0 aromatic heterocycles. The molecule has 1 rings (SSSR count). The van der Waals surface area contributed by atoms with Crippen LogP contribution in [0, 0.1) is 0 Å². The molecule has 2 unspecified atom stereocenters. The minimum Gasteiger partial charge on any atom is -0.313 e. The summed E-state index contributed by atoms with van der Waals surface area (Å²) in [5.41, 5.74) is 4.74. The summed E-state index contributed by atoms with van der Waals surface area (Å²) in [5.74, 6) is -0.124. The molecule has 7 nitrogen and oxygen atoms in total. The predicted octanol–water partition coefficient (Wildman–Crippen LogP) is 0.146. The van der Waals surface area contributed by atoms with E-state index in [2.05, 4.69) is 4.52 Å². The average molecular weight is 254 g/mol. The number of nitrogens with zero attached hydrogens (tertiary/aromatic N) is 1. The first kappa shape index (κ1) is 12.7. The van der Waals surface area contributed by atoms with Crippen molar-refractivity contribution in [2.24, 2.45) is 5.50 Å². The summed E-state index contributed by atoms with van der Waals surface area (Å²) in [4.78, 5) is 32.3. The van der Waals surface area contributed by atoms with Crippen molar-refractivity contribution in [2.45, 2.75) is 13.0 Å². The Bertz CT molecular complexity index is 329. The maximum Gasteiger partial charge on any atom is 0.401 e. The lowest BCUT2D eigenvalue weighted by Gasteiger charge is -2.18. The molecular weight excluding hydrogens is 243 g/mol. The van der Waals surface area contributed by atoms with Crippen LogP contribution in [0.5, 0.6) is 0 Å². The van der Waals surface area contributed by atoms with Crippen molar-refractivity contribution in [1.29, 1.82) is 0 Å². The fourth-order valence-electron chi connectivity index (χ4n) is 1.08. The van der Waals surface area contributed by atoms with Crippen molar-refractivity contribution in [1.82, 2.24) is 4.90 Å². The van der Waals surface area contributed by atoms with Crippen molar-refractivity contribution >= 4 is 30.7 Å². The monoisotopic (exact) mass is 254 g/mol. The van der Waals surface area contributed by atoms with Crippen LogP contribution in [-0.4, -0.2) is 39.3 Å². The zero-order chi connectivity index (χ0) is 11.6. The highest BCUT2D eigenvalue weighted by atomic mass is 32.2. The molecule has 1 saturated heterocycles. The van der Waals surface area contributed by atoms with E-state index < -0.39 is 19.8 Å². The normalized spacial score (nSPS) is 22.6. The number of carbonyl (C=O) groups excluding carboxylic acids is 2. The second-order valence-electron chi connectivity index (χ2n) is 2.92. The highest BCUT2D eigenvalue weighted by molar-refractivity contribution is 8.13. The van der Waals surface area contributed by atoms with Crippen LogP contribution < -0.4 is 5.50 Å². The van der Waals surface area contributed by atoms with Crippen molar-refractivity contribution in [3.8, 4) is 0 Å². The molecule has 0 aliphatic carbocycles. The maximum atomic E-state index is 11.5. The Balaban J connectivity index is 2.60. The van der Waals surface area contributed by atoms with Gasteiger partial charge in [-0.25, -0.2) is 10.1 Å². The molecule has 1 aliphatic rings. The van der Waals surface area contributed by atoms with Gasteiger partial charge in [0.1, 0.15) is 6.10 Å². The molecule has 3 N–H and O–H groups in total. The topological polar surface area (TPSA) is 110 Å². The van der Waals surface area contributed by atoms with E-state index in [0.29, 0.717) is 5.75 Å². The lowest BCUT2D eigenvalue weighted by atomic mass is 10.3. The van der Waals surface area contributed by atoms with Gasteiger partial charge < -0.3 is 4.89 Å². The third kappa shape index (κ3) is 3.58. The fourth-order valence-corrected chi connectivity index (χ4v) is 2.41. The van der Waals surface area contributed by atoms with Crippen LogP contribution in [0.2, 0.25) is 0 Å². The van der Waals surface area contributed by atoms with E-state index in [-0.39, 0.29) is 11.8 Å². The van der Waals surface area contributed by atoms with Gasteiger partial charge in [-0.15, -0.1) is 0 Å². The summed E-state index contributed by atoms with van der Waals surface area (Å²) in [5, 5.41) is -0.375. The van der Waals surface area contributed by atoms with Crippen molar-refractivity contribution in [3.05, 3.63) is 0 Å². The SMILES string of the molecule is CC(OP(N)(=O)O)C(=O)N1CCSC1=O. The van der Waals surface area contributed by atoms with Gasteiger partial charge in [0, 0.05) is 12.3 Å². The number of hydrogen-bond donors (Lipinski definition) is 2. The van der Waals surface area contributed by atoms with Gasteiger partial charge in [-0.05, 0) is 6.92 Å². The molecule has 0 saturated carbocycles. The molecule has 1 aliphatic heterocycles. The highest BCUT2D eigenvalue weighted by Gasteiger charge is 2.33. The molecule has 0 aromatic carbocycles. The Morgan fingerprint density at radius 2 is 2.40 bits per heavy atom. The minimum atomic E-state index is -4.20. The zero-order valence-corrected chi connectivity index (χ0v) is 9.66. The molecule has 86 valence electrons. The molecule has 0 spiro atoms. The van der Waals surface area contributed by atoms with E-state index in [0.717, 1.165) is 16.7 Å². The van der Waals surface area contributed by atoms with Gasteiger partial charge in [-0.2, -0.15) is 0 Å². The molecule has 0 aromatic rings. The summed E-state index contributed by atoms with van der Waals surface area (Å²) in [6.07, 6.45) is -1.20. The van der Waals surface area contributed by atoms with E-state index >= 15 is 0 Å². The van der Waals surface area contributed by atoms with E-state index in [4.69, 9.17) is 10.4 Å². The van der Waals surface area contributed by atoms with Gasteiger partial charge in [0.05, 0.1) is 0 Å². The second kappa shape index (κ2) is 4.63. The summed E-state index contributed by atoms with van der Waals surface area (Å²) in [6, 6.07) is 0. The van der Waals surface area contributed by atoms with Crippen molar-refractivity contribution < 1.29 is 23.6 Å².